The SMILES string of the molecule is Clc1ccc(-c2[nH]ncc2CN2CCC[C@@H](Cn3ccnc3)C2)cc1. The molecule has 0 amide bonds. The zero-order valence-corrected chi connectivity index (χ0v) is 14.9. The Kier molecular flexibility index (Phi) is 4.85. The van der Waals surface area contributed by atoms with Crippen molar-refractivity contribution in [2.45, 2.75) is 25.9 Å². The minimum Gasteiger partial charge on any atom is -0.337 e. The topological polar surface area (TPSA) is 49.7 Å². The zero-order valence-electron chi connectivity index (χ0n) is 14.1. The first-order chi connectivity index (χ1) is 12.3. The second kappa shape index (κ2) is 7.42. The molecule has 0 aliphatic carbocycles. The van der Waals surface area contributed by atoms with E-state index in [4.69, 9.17) is 11.6 Å². The van der Waals surface area contributed by atoms with Crippen LogP contribution in [0.25, 0.3) is 11.3 Å². The van der Waals surface area contributed by atoms with E-state index in [0.717, 1.165) is 42.5 Å². The molecule has 1 aliphatic rings. The Morgan fingerprint density at radius 1 is 1.24 bits per heavy atom. The third kappa shape index (κ3) is 3.94. The van der Waals surface area contributed by atoms with Gasteiger partial charge >= 0.3 is 0 Å². The summed E-state index contributed by atoms with van der Waals surface area (Å²) in [6, 6.07) is 7.92. The summed E-state index contributed by atoms with van der Waals surface area (Å²) < 4.78 is 2.19. The third-order valence-electron chi connectivity index (χ3n) is 4.88. The standard InChI is InChI=1S/C19H22ClN5/c20-18-5-3-16(4-6-18)19-17(10-22-23-19)13-24-8-1-2-15(11-24)12-25-9-7-21-14-25/h3-7,9-10,14-15H,1-2,8,11-13H2,(H,22,23)/t15-/m1/s1. The van der Waals surface area contributed by atoms with Gasteiger partial charge in [0.2, 0.25) is 0 Å². The van der Waals surface area contributed by atoms with Crippen LogP contribution in [0.4, 0.5) is 0 Å². The Bertz CT molecular complexity index is 794. The molecule has 0 spiro atoms. The lowest BCUT2D eigenvalue weighted by Gasteiger charge is -2.32. The van der Waals surface area contributed by atoms with E-state index in [0.29, 0.717) is 5.92 Å². The Morgan fingerprint density at radius 3 is 2.92 bits per heavy atom. The average molecular weight is 356 g/mol. The maximum absolute atomic E-state index is 6.00. The molecule has 3 heterocycles. The molecule has 1 atom stereocenters. The van der Waals surface area contributed by atoms with Crippen LogP contribution in [0.3, 0.4) is 0 Å². The van der Waals surface area contributed by atoms with Crippen LogP contribution >= 0.6 is 11.6 Å². The third-order valence-corrected chi connectivity index (χ3v) is 5.13. The summed E-state index contributed by atoms with van der Waals surface area (Å²) in [5.41, 5.74) is 3.46. The number of halogens is 1. The fourth-order valence-corrected chi connectivity index (χ4v) is 3.80. The molecular formula is C19H22ClN5. The number of nitrogens with one attached hydrogen (secondary N) is 1. The minimum absolute atomic E-state index is 0.675. The summed E-state index contributed by atoms with van der Waals surface area (Å²) in [6.45, 7) is 4.23. The normalized spacial score (nSPS) is 18.5. The molecule has 1 aliphatic heterocycles. The molecule has 1 saturated heterocycles. The van der Waals surface area contributed by atoms with Crippen LogP contribution in [0.2, 0.25) is 5.02 Å². The van der Waals surface area contributed by atoms with E-state index in [9.17, 15) is 0 Å². The van der Waals surface area contributed by atoms with Crippen LogP contribution in [-0.4, -0.2) is 37.7 Å². The molecule has 3 aromatic rings. The van der Waals surface area contributed by atoms with Crippen molar-refractivity contribution in [2.75, 3.05) is 13.1 Å². The number of hydrogen-bond donors (Lipinski definition) is 1. The smallest absolute Gasteiger partial charge is 0.0946 e. The highest BCUT2D eigenvalue weighted by Crippen LogP contribution is 2.26. The zero-order chi connectivity index (χ0) is 17.1. The fraction of sp³-hybridized carbons (Fsp3) is 0.368. The van der Waals surface area contributed by atoms with Gasteiger partial charge in [-0.3, -0.25) is 10.00 Å². The van der Waals surface area contributed by atoms with Gasteiger partial charge in [0.05, 0.1) is 18.2 Å². The lowest BCUT2D eigenvalue weighted by Crippen LogP contribution is -2.36. The molecular weight excluding hydrogens is 334 g/mol. The number of hydrogen-bond acceptors (Lipinski definition) is 3. The molecule has 130 valence electrons. The van der Waals surface area contributed by atoms with E-state index >= 15 is 0 Å². The number of piperidine rings is 1. The number of rotatable bonds is 5. The monoisotopic (exact) mass is 355 g/mol. The summed E-state index contributed by atoms with van der Waals surface area (Å²) in [6.07, 6.45) is 10.3. The number of nitrogens with zero attached hydrogens (tertiary/aromatic N) is 4. The van der Waals surface area contributed by atoms with Crippen LogP contribution in [0.15, 0.2) is 49.2 Å². The van der Waals surface area contributed by atoms with Crippen LogP contribution in [-0.2, 0) is 13.1 Å². The van der Waals surface area contributed by atoms with E-state index in [1.165, 1.54) is 18.4 Å². The summed E-state index contributed by atoms with van der Waals surface area (Å²) in [5.74, 6) is 0.675. The molecule has 0 unspecified atom stereocenters. The Morgan fingerprint density at radius 2 is 2.12 bits per heavy atom. The first kappa shape index (κ1) is 16.4. The quantitative estimate of drug-likeness (QED) is 0.756. The lowest BCUT2D eigenvalue weighted by molar-refractivity contribution is 0.156. The van der Waals surface area contributed by atoms with E-state index < -0.39 is 0 Å². The van der Waals surface area contributed by atoms with Gasteiger partial charge in [-0.1, -0.05) is 23.7 Å². The van der Waals surface area contributed by atoms with Gasteiger partial charge in [0.25, 0.3) is 0 Å². The molecule has 5 nitrogen and oxygen atoms in total. The molecule has 1 N–H and O–H groups in total. The van der Waals surface area contributed by atoms with Gasteiger partial charge in [0.1, 0.15) is 0 Å². The molecule has 2 aromatic heterocycles. The minimum atomic E-state index is 0.675. The number of aromatic nitrogens is 4. The molecule has 0 radical (unpaired) electrons. The number of H-pyrrole nitrogens is 1. The van der Waals surface area contributed by atoms with Gasteiger partial charge in [-0.25, -0.2) is 4.98 Å². The Balaban J connectivity index is 1.43. The van der Waals surface area contributed by atoms with Gasteiger partial charge in [-0.05, 0) is 43.0 Å². The maximum Gasteiger partial charge on any atom is 0.0946 e. The van der Waals surface area contributed by atoms with Crippen molar-refractivity contribution in [1.29, 1.82) is 0 Å². The van der Waals surface area contributed by atoms with Crippen molar-refractivity contribution in [3.63, 3.8) is 0 Å². The van der Waals surface area contributed by atoms with Crippen molar-refractivity contribution in [3.8, 4) is 11.3 Å². The van der Waals surface area contributed by atoms with E-state index in [-0.39, 0.29) is 0 Å². The first-order valence-corrected chi connectivity index (χ1v) is 9.12. The van der Waals surface area contributed by atoms with Gasteiger partial charge < -0.3 is 4.57 Å². The average Bonchev–Trinajstić information content (AvgIpc) is 3.28. The molecule has 1 aromatic carbocycles. The van der Waals surface area contributed by atoms with Gasteiger partial charge in [0.15, 0.2) is 0 Å². The number of likely N-dealkylation sites (tertiary alicyclic amines) is 1. The molecule has 0 saturated carbocycles. The molecule has 6 heteroatoms. The highest BCUT2D eigenvalue weighted by atomic mass is 35.5. The van der Waals surface area contributed by atoms with Gasteiger partial charge in [0, 0.05) is 42.6 Å². The number of imidazole rings is 1. The van der Waals surface area contributed by atoms with Crippen LogP contribution in [0.5, 0.6) is 0 Å². The highest BCUT2D eigenvalue weighted by Gasteiger charge is 2.21. The molecule has 0 bridgehead atoms. The van der Waals surface area contributed by atoms with E-state index in [2.05, 4.69) is 24.6 Å². The summed E-state index contributed by atoms with van der Waals surface area (Å²) in [7, 11) is 0. The van der Waals surface area contributed by atoms with Crippen molar-refractivity contribution in [3.05, 3.63) is 59.8 Å². The lowest BCUT2D eigenvalue weighted by atomic mass is 9.97. The van der Waals surface area contributed by atoms with Crippen molar-refractivity contribution in [1.82, 2.24) is 24.6 Å². The first-order valence-electron chi connectivity index (χ1n) is 8.74. The largest absolute Gasteiger partial charge is 0.337 e. The van der Waals surface area contributed by atoms with E-state index in [1.807, 2.05) is 49.2 Å². The molecule has 1 fully saturated rings. The van der Waals surface area contributed by atoms with Crippen LogP contribution in [0.1, 0.15) is 18.4 Å². The van der Waals surface area contributed by atoms with Crippen molar-refractivity contribution >= 4 is 11.6 Å². The van der Waals surface area contributed by atoms with E-state index in [1.54, 1.807) is 0 Å². The highest BCUT2D eigenvalue weighted by molar-refractivity contribution is 6.30. The second-order valence-electron chi connectivity index (χ2n) is 6.78. The summed E-state index contributed by atoms with van der Waals surface area (Å²) >= 11 is 6.00. The van der Waals surface area contributed by atoms with Crippen molar-refractivity contribution in [2.24, 2.45) is 5.92 Å². The number of aromatic amines is 1. The summed E-state index contributed by atoms with van der Waals surface area (Å²) in [5, 5.41) is 8.17. The Hall–Kier alpha value is -2.11. The fourth-order valence-electron chi connectivity index (χ4n) is 3.68. The second-order valence-corrected chi connectivity index (χ2v) is 7.22. The maximum atomic E-state index is 6.00. The molecule has 25 heavy (non-hydrogen) atoms. The molecule has 4 rings (SSSR count). The predicted octanol–water partition coefficient (Wildman–Crippen LogP) is 3.84. The van der Waals surface area contributed by atoms with Crippen LogP contribution in [0, 0.1) is 5.92 Å². The van der Waals surface area contributed by atoms with Gasteiger partial charge in [-0.2, -0.15) is 5.10 Å². The summed E-state index contributed by atoms with van der Waals surface area (Å²) in [4.78, 5) is 6.68. The van der Waals surface area contributed by atoms with Crippen LogP contribution < -0.4 is 0 Å². The number of benzene rings is 1. The Labute approximate surface area is 152 Å². The van der Waals surface area contributed by atoms with Crippen molar-refractivity contribution < 1.29 is 0 Å². The predicted molar refractivity (Wildman–Crippen MR) is 99.3 cm³/mol. The van der Waals surface area contributed by atoms with Gasteiger partial charge in [-0.15, -0.1) is 0 Å².